The topological polar surface area (TPSA) is 91.2 Å². The lowest BCUT2D eigenvalue weighted by Crippen LogP contribution is -2.13. The van der Waals surface area contributed by atoms with Crippen molar-refractivity contribution in [3.8, 4) is 0 Å². The summed E-state index contributed by atoms with van der Waals surface area (Å²) < 4.78 is 0. The van der Waals surface area contributed by atoms with Gasteiger partial charge >= 0.3 is 0 Å². The first-order valence-electron chi connectivity index (χ1n) is 3.53. The van der Waals surface area contributed by atoms with E-state index in [1.165, 1.54) is 6.21 Å². The van der Waals surface area contributed by atoms with E-state index in [0.717, 1.165) is 0 Å². The molecule has 0 fully saturated rings. The summed E-state index contributed by atoms with van der Waals surface area (Å²) in [5.41, 5.74) is 6.59. The molecule has 1 rings (SSSR count). The molecule has 0 heterocycles. The minimum Gasteiger partial charge on any atom is -0.411 e. The maximum Gasteiger partial charge on any atom is 0.170 e. The van der Waals surface area contributed by atoms with Crippen LogP contribution >= 0.6 is 0 Å². The third-order valence-corrected chi connectivity index (χ3v) is 1.50. The van der Waals surface area contributed by atoms with Crippen LogP contribution in [0, 0.1) is 0 Å². The molecule has 0 spiro atoms. The Bertz CT molecular complexity index is 347. The standard InChI is InChI=1S/C8H9N3O2/c9-8(11-13)7-3-1-2-6(4-7)5-10-12/h1-5,12-13H,(H2,9,11)/b10-5+. The molecule has 1 aromatic rings. The van der Waals surface area contributed by atoms with E-state index in [-0.39, 0.29) is 5.84 Å². The minimum absolute atomic E-state index is 0.0215. The van der Waals surface area contributed by atoms with E-state index in [9.17, 15) is 0 Å². The molecular formula is C8H9N3O2. The maximum absolute atomic E-state index is 8.39. The Labute approximate surface area is 74.8 Å². The molecule has 0 aliphatic heterocycles. The molecule has 0 unspecified atom stereocenters. The number of nitrogens with zero attached hydrogens (tertiary/aromatic N) is 2. The third-order valence-electron chi connectivity index (χ3n) is 1.50. The van der Waals surface area contributed by atoms with Gasteiger partial charge < -0.3 is 16.1 Å². The van der Waals surface area contributed by atoms with E-state index in [1.807, 2.05) is 0 Å². The van der Waals surface area contributed by atoms with Crippen LogP contribution in [0.15, 0.2) is 34.6 Å². The van der Waals surface area contributed by atoms with Crippen molar-refractivity contribution >= 4 is 12.1 Å². The first-order chi connectivity index (χ1) is 6.27. The molecule has 68 valence electrons. The smallest absolute Gasteiger partial charge is 0.170 e. The zero-order valence-electron chi connectivity index (χ0n) is 6.75. The Morgan fingerprint density at radius 3 is 2.77 bits per heavy atom. The van der Waals surface area contributed by atoms with Crippen molar-refractivity contribution in [1.82, 2.24) is 0 Å². The monoisotopic (exact) mass is 179 g/mol. The highest BCUT2D eigenvalue weighted by molar-refractivity contribution is 5.98. The molecule has 0 saturated heterocycles. The van der Waals surface area contributed by atoms with Crippen LogP contribution in [0.25, 0.3) is 0 Å². The van der Waals surface area contributed by atoms with Crippen molar-refractivity contribution in [2.24, 2.45) is 16.0 Å². The van der Waals surface area contributed by atoms with E-state index in [0.29, 0.717) is 11.1 Å². The second-order valence-electron chi connectivity index (χ2n) is 2.36. The Kier molecular flexibility index (Phi) is 2.86. The zero-order valence-corrected chi connectivity index (χ0v) is 6.75. The average molecular weight is 179 g/mol. The van der Waals surface area contributed by atoms with Gasteiger partial charge in [0.15, 0.2) is 5.84 Å². The molecule has 0 atom stereocenters. The summed E-state index contributed by atoms with van der Waals surface area (Å²) in [6.45, 7) is 0. The van der Waals surface area contributed by atoms with Gasteiger partial charge in [-0.05, 0) is 11.6 Å². The summed E-state index contributed by atoms with van der Waals surface area (Å²) in [6, 6.07) is 6.76. The minimum atomic E-state index is 0.0215. The second-order valence-corrected chi connectivity index (χ2v) is 2.36. The van der Waals surface area contributed by atoms with Gasteiger partial charge in [-0.1, -0.05) is 28.5 Å². The lowest BCUT2D eigenvalue weighted by molar-refractivity contribution is 0.318. The van der Waals surface area contributed by atoms with Gasteiger partial charge in [-0.3, -0.25) is 0 Å². The van der Waals surface area contributed by atoms with Crippen molar-refractivity contribution in [2.45, 2.75) is 0 Å². The Morgan fingerprint density at radius 1 is 1.38 bits per heavy atom. The SMILES string of the molecule is N/C(=N\O)c1cccc(/C=N/O)c1. The summed E-state index contributed by atoms with van der Waals surface area (Å²) in [6.07, 6.45) is 1.26. The molecule has 4 N–H and O–H groups in total. The van der Waals surface area contributed by atoms with E-state index >= 15 is 0 Å². The van der Waals surface area contributed by atoms with Crippen LogP contribution < -0.4 is 5.73 Å². The highest BCUT2D eigenvalue weighted by Crippen LogP contribution is 2.02. The van der Waals surface area contributed by atoms with Crippen LogP contribution in [-0.4, -0.2) is 22.5 Å². The molecule has 0 aromatic heterocycles. The molecule has 0 aliphatic rings. The molecule has 1 aromatic carbocycles. The van der Waals surface area contributed by atoms with Crippen molar-refractivity contribution in [3.63, 3.8) is 0 Å². The van der Waals surface area contributed by atoms with E-state index in [4.69, 9.17) is 16.1 Å². The Balaban J connectivity index is 3.05. The summed E-state index contributed by atoms with van der Waals surface area (Å²) in [7, 11) is 0. The van der Waals surface area contributed by atoms with E-state index in [1.54, 1.807) is 24.3 Å². The molecule has 0 aliphatic carbocycles. The van der Waals surface area contributed by atoms with Crippen molar-refractivity contribution in [2.75, 3.05) is 0 Å². The fraction of sp³-hybridized carbons (Fsp3) is 0. The Morgan fingerprint density at radius 2 is 2.15 bits per heavy atom. The average Bonchev–Trinajstić information content (AvgIpc) is 2.18. The van der Waals surface area contributed by atoms with Crippen LogP contribution in [-0.2, 0) is 0 Å². The second kappa shape index (κ2) is 4.10. The van der Waals surface area contributed by atoms with Gasteiger partial charge in [0.1, 0.15) is 0 Å². The van der Waals surface area contributed by atoms with Crippen LogP contribution in [0.3, 0.4) is 0 Å². The van der Waals surface area contributed by atoms with Crippen molar-refractivity contribution in [1.29, 1.82) is 0 Å². The summed E-state index contributed by atoms with van der Waals surface area (Å²) >= 11 is 0. The van der Waals surface area contributed by atoms with Crippen LogP contribution in [0.2, 0.25) is 0 Å². The fourth-order valence-corrected chi connectivity index (χ4v) is 0.903. The summed E-state index contributed by atoms with van der Waals surface area (Å²) in [5.74, 6) is 0.0215. The van der Waals surface area contributed by atoms with Crippen LogP contribution in [0.5, 0.6) is 0 Å². The maximum atomic E-state index is 8.39. The van der Waals surface area contributed by atoms with Gasteiger partial charge in [-0.15, -0.1) is 0 Å². The quantitative estimate of drug-likeness (QED) is 0.268. The molecule has 0 bridgehead atoms. The molecule has 5 nitrogen and oxygen atoms in total. The number of hydrogen-bond donors (Lipinski definition) is 3. The predicted octanol–water partition coefficient (Wildman–Crippen LogP) is 0.589. The first-order valence-corrected chi connectivity index (χ1v) is 3.53. The molecular weight excluding hydrogens is 170 g/mol. The normalized spacial score (nSPS) is 12.2. The summed E-state index contributed by atoms with van der Waals surface area (Å²) in [4.78, 5) is 0. The van der Waals surface area contributed by atoms with Crippen LogP contribution in [0.4, 0.5) is 0 Å². The zero-order chi connectivity index (χ0) is 9.68. The van der Waals surface area contributed by atoms with Crippen molar-refractivity contribution < 1.29 is 10.4 Å². The first kappa shape index (κ1) is 9.05. The van der Waals surface area contributed by atoms with E-state index < -0.39 is 0 Å². The largest absolute Gasteiger partial charge is 0.411 e. The van der Waals surface area contributed by atoms with Gasteiger partial charge in [0.2, 0.25) is 0 Å². The van der Waals surface area contributed by atoms with Crippen LogP contribution in [0.1, 0.15) is 11.1 Å². The van der Waals surface area contributed by atoms with Gasteiger partial charge in [-0.25, -0.2) is 0 Å². The lowest BCUT2D eigenvalue weighted by atomic mass is 10.1. The Hall–Kier alpha value is -2.04. The van der Waals surface area contributed by atoms with E-state index in [2.05, 4.69) is 10.3 Å². The highest BCUT2D eigenvalue weighted by Gasteiger charge is 1.98. The number of oxime groups is 2. The molecule has 0 amide bonds. The molecule has 5 heteroatoms. The van der Waals surface area contributed by atoms with Gasteiger partial charge in [0.25, 0.3) is 0 Å². The fourth-order valence-electron chi connectivity index (χ4n) is 0.903. The number of amidine groups is 1. The predicted molar refractivity (Wildman–Crippen MR) is 48.3 cm³/mol. The third kappa shape index (κ3) is 2.19. The summed E-state index contributed by atoms with van der Waals surface area (Å²) in [5, 5.41) is 22.4. The number of hydrogen-bond acceptors (Lipinski definition) is 4. The molecule has 13 heavy (non-hydrogen) atoms. The van der Waals surface area contributed by atoms with Crippen molar-refractivity contribution in [3.05, 3.63) is 35.4 Å². The number of nitrogens with two attached hydrogens (primary N) is 1. The van der Waals surface area contributed by atoms with Gasteiger partial charge in [0, 0.05) is 5.56 Å². The lowest BCUT2D eigenvalue weighted by Gasteiger charge is -1.98. The van der Waals surface area contributed by atoms with Gasteiger partial charge in [0.05, 0.1) is 6.21 Å². The van der Waals surface area contributed by atoms with Gasteiger partial charge in [-0.2, -0.15) is 0 Å². The molecule has 0 saturated carbocycles. The highest BCUT2D eigenvalue weighted by atomic mass is 16.4. The number of rotatable bonds is 2. The number of benzene rings is 1. The molecule has 0 radical (unpaired) electrons.